The highest BCUT2D eigenvalue weighted by atomic mass is 79.9. The number of benzene rings is 2. The van der Waals surface area contributed by atoms with E-state index in [0.29, 0.717) is 6.54 Å². The van der Waals surface area contributed by atoms with Crippen molar-refractivity contribution in [1.29, 1.82) is 0 Å². The Kier molecular flexibility index (Phi) is 5.38. The molecule has 5 nitrogen and oxygen atoms in total. The number of anilines is 2. The summed E-state index contributed by atoms with van der Waals surface area (Å²) < 4.78 is 2.09. The molecule has 3 aromatic rings. The molecule has 27 heavy (non-hydrogen) atoms. The van der Waals surface area contributed by atoms with E-state index in [0.717, 1.165) is 42.4 Å². The van der Waals surface area contributed by atoms with E-state index in [-0.39, 0.29) is 0 Å². The van der Waals surface area contributed by atoms with Crippen molar-refractivity contribution in [3.8, 4) is 11.3 Å². The quantitative estimate of drug-likeness (QED) is 0.443. The zero-order valence-corrected chi connectivity index (χ0v) is 18.3. The van der Waals surface area contributed by atoms with Crippen molar-refractivity contribution in [2.75, 3.05) is 17.0 Å². The summed E-state index contributed by atoms with van der Waals surface area (Å²) in [6.07, 6.45) is 0. The molecule has 2 heterocycles. The molecule has 0 unspecified atom stereocenters. The zero-order chi connectivity index (χ0) is 18.8. The topological polar surface area (TPSA) is 52.9 Å². The molecule has 1 N–H and O–H groups in total. The predicted octanol–water partition coefficient (Wildman–Crippen LogP) is 6.00. The van der Waals surface area contributed by atoms with Gasteiger partial charge in [0.15, 0.2) is 0 Å². The molecule has 0 fully saturated rings. The first-order valence-corrected chi connectivity index (χ1v) is 10.7. The molecular formula is C19H15Br2N5S. The molecule has 0 saturated carbocycles. The van der Waals surface area contributed by atoms with E-state index in [1.165, 1.54) is 0 Å². The number of nitrogens with zero attached hydrogens (tertiary/aromatic N) is 4. The summed E-state index contributed by atoms with van der Waals surface area (Å²) in [6.45, 7) is 2.56. The van der Waals surface area contributed by atoms with Crippen molar-refractivity contribution < 1.29 is 0 Å². The van der Waals surface area contributed by atoms with Gasteiger partial charge in [0, 0.05) is 19.9 Å². The second-order valence-electron chi connectivity index (χ2n) is 5.94. The molecule has 0 atom stereocenters. The first-order valence-electron chi connectivity index (χ1n) is 8.21. The first-order chi connectivity index (χ1) is 13.1. The monoisotopic (exact) mass is 503 g/mol. The van der Waals surface area contributed by atoms with Crippen LogP contribution in [-0.4, -0.2) is 23.0 Å². The van der Waals surface area contributed by atoms with Crippen molar-refractivity contribution >= 4 is 65.4 Å². The average molecular weight is 505 g/mol. The van der Waals surface area contributed by atoms with Crippen LogP contribution < -0.4 is 10.4 Å². The van der Waals surface area contributed by atoms with Crippen LogP contribution in [0.25, 0.3) is 11.3 Å². The Hall–Kier alpha value is -2.03. The van der Waals surface area contributed by atoms with E-state index in [4.69, 9.17) is 4.98 Å². The minimum absolute atomic E-state index is 0.600. The van der Waals surface area contributed by atoms with Crippen LogP contribution in [0.4, 0.5) is 10.8 Å². The van der Waals surface area contributed by atoms with Gasteiger partial charge in [-0.3, -0.25) is 5.43 Å². The minimum Gasteiger partial charge on any atom is -0.278 e. The van der Waals surface area contributed by atoms with Crippen LogP contribution in [0, 0.1) is 0 Å². The summed E-state index contributed by atoms with van der Waals surface area (Å²) in [7, 11) is 0. The van der Waals surface area contributed by atoms with Crippen LogP contribution >= 0.6 is 43.2 Å². The zero-order valence-electron chi connectivity index (χ0n) is 14.4. The lowest BCUT2D eigenvalue weighted by Gasteiger charge is -2.08. The summed E-state index contributed by atoms with van der Waals surface area (Å²) in [5.74, 6) is 0. The van der Waals surface area contributed by atoms with Crippen LogP contribution in [0.2, 0.25) is 0 Å². The Morgan fingerprint density at radius 2 is 1.70 bits per heavy atom. The van der Waals surface area contributed by atoms with E-state index in [1.54, 1.807) is 11.3 Å². The van der Waals surface area contributed by atoms with Gasteiger partial charge >= 0.3 is 0 Å². The van der Waals surface area contributed by atoms with Crippen molar-refractivity contribution in [3.05, 3.63) is 62.9 Å². The van der Waals surface area contributed by atoms with Crippen molar-refractivity contribution in [1.82, 2.24) is 4.98 Å². The average Bonchev–Trinajstić information content (AvgIpc) is 3.29. The molecule has 8 heteroatoms. The second kappa shape index (κ2) is 7.92. The Morgan fingerprint density at radius 3 is 2.41 bits per heavy atom. The third kappa shape index (κ3) is 4.28. The Labute approximate surface area is 178 Å². The van der Waals surface area contributed by atoms with Gasteiger partial charge in [-0.05, 0) is 43.3 Å². The van der Waals surface area contributed by atoms with Gasteiger partial charge in [-0.25, -0.2) is 9.99 Å². The molecule has 0 spiro atoms. The van der Waals surface area contributed by atoms with Gasteiger partial charge in [-0.2, -0.15) is 10.2 Å². The number of thiazole rings is 1. The SMILES string of the molecule is CC1=NN(c2nc(-c3ccc(Br)cc3)cs2)C/C1=N\Nc1ccc(Br)cc1. The second-order valence-corrected chi connectivity index (χ2v) is 8.61. The molecule has 4 rings (SSSR count). The van der Waals surface area contributed by atoms with Crippen molar-refractivity contribution in [3.63, 3.8) is 0 Å². The lowest BCUT2D eigenvalue weighted by atomic mass is 10.2. The third-order valence-corrected chi connectivity index (χ3v) is 5.92. The number of hydrogen-bond acceptors (Lipinski definition) is 6. The van der Waals surface area contributed by atoms with Gasteiger partial charge in [-0.1, -0.05) is 44.0 Å². The number of aromatic nitrogens is 1. The normalized spacial score (nSPS) is 15.3. The fourth-order valence-corrected chi connectivity index (χ4v) is 3.86. The van der Waals surface area contributed by atoms with Gasteiger partial charge in [0.2, 0.25) is 5.13 Å². The molecule has 0 amide bonds. The van der Waals surface area contributed by atoms with E-state index in [9.17, 15) is 0 Å². The van der Waals surface area contributed by atoms with Gasteiger partial charge < -0.3 is 0 Å². The van der Waals surface area contributed by atoms with Crippen LogP contribution in [0.15, 0.2) is 73.1 Å². The van der Waals surface area contributed by atoms with E-state index < -0.39 is 0 Å². The molecule has 0 aliphatic carbocycles. The van der Waals surface area contributed by atoms with E-state index in [1.807, 2.05) is 48.3 Å². The molecule has 2 aromatic carbocycles. The highest BCUT2D eigenvalue weighted by Crippen LogP contribution is 2.29. The van der Waals surface area contributed by atoms with Crippen LogP contribution in [0.5, 0.6) is 0 Å². The maximum atomic E-state index is 4.73. The number of hydrogen-bond donors (Lipinski definition) is 1. The van der Waals surface area contributed by atoms with Crippen LogP contribution in [0.1, 0.15) is 6.92 Å². The fraction of sp³-hybridized carbons (Fsp3) is 0.105. The van der Waals surface area contributed by atoms with Gasteiger partial charge in [0.05, 0.1) is 23.6 Å². The third-order valence-electron chi connectivity index (χ3n) is 4.00. The Balaban J connectivity index is 1.47. The van der Waals surface area contributed by atoms with Crippen molar-refractivity contribution in [2.24, 2.45) is 10.2 Å². The minimum atomic E-state index is 0.600. The number of halogens is 2. The van der Waals surface area contributed by atoms with Crippen LogP contribution in [-0.2, 0) is 0 Å². The summed E-state index contributed by atoms with van der Waals surface area (Å²) in [6, 6.07) is 16.0. The van der Waals surface area contributed by atoms with Crippen LogP contribution in [0.3, 0.4) is 0 Å². The molecule has 0 saturated heterocycles. The molecule has 1 aliphatic heterocycles. The summed E-state index contributed by atoms with van der Waals surface area (Å²) >= 11 is 8.47. The number of hydrazone groups is 2. The highest BCUT2D eigenvalue weighted by molar-refractivity contribution is 9.10. The first kappa shape index (κ1) is 18.3. The standard InChI is InChI=1S/C19H15Br2N5S/c1-12-17(24-23-16-8-6-15(21)7-9-16)10-26(25-12)19-22-18(11-27-19)13-2-4-14(20)5-3-13/h2-9,11,23H,10H2,1H3/b24-17+. The largest absolute Gasteiger partial charge is 0.278 e. The molecular weight excluding hydrogens is 490 g/mol. The molecule has 1 aromatic heterocycles. The molecule has 1 aliphatic rings. The molecule has 0 bridgehead atoms. The summed E-state index contributed by atoms with van der Waals surface area (Å²) in [5.41, 5.74) is 7.86. The highest BCUT2D eigenvalue weighted by Gasteiger charge is 2.22. The lowest BCUT2D eigenvalue weighted by Crippen LogP contribution is -2.19. The summed E-state index contributed by atoms with van der Waals surface area (Å²) in [4.78, 5) is 4.73. The molecule has 0 radical (unpaired) electrons. The van der Waals surface area contributed by atoms with Gasteiger partial charge in [-0.15, -0.1) is 11.3 Å². The Morgan fingerprint density at radius 1 is 1.04 bits per heavy atom. The van der Waals surface area contributed by atoms with Crippen molar-refractivity contribution in [2.45, 2.75) is 6.92 Å². The fourth-order valence-electron chi connectivity index (χ4n) is 2.55. The lowest BCUT2D eigenvalue weighted by molar-refractivity contribution is 0.981. The van der Waals surface area contributed by atoms with E-state index >= 15 is 0 Å². The maximum absolute atomic E-state index is 4.73. The van der Waals surface area contributed by atoms with Gasteiger partial charge in [0.1, 0.15) is 5.71 Å². The van der Waals surface area contributed by atoms with E-state index in [2.05, 4.69) is 65.0 Å². The Bertz CT molecular complexity index is 1010. The number of rotatable bonds is 4. The number of nitrogens with one attached hydrogen (secondary N) is 1. The molecule has 136 valence electrons. The smallest absolute Gasteiger partial charge is 0.206 e. The predicted molar refractivity (Wildman–Crippen MR) is 121 cm³/mol. The summed E-state index contributed by atoms with van der Waals surface area (Å²) in [5, 5.41) is 13.9. The van der Waals surface area contributed by atoms with Gasteiger partial charge in [0.25, 0.3) is 0 Å². The maximum Gasteiger partial charge on any atom is 0.206 e.